The largest absolute Gasteiger partial charge is 0.313 e. The Bertz CT molecular complexity index is 1980. The van der Waals surface area contributed by atoms with E-state index in [1.165, 1.54) is 0 Å². The second-order valence-corrected chi connectivity index (χ2v) is 18.7. The molecule has 6 aromatic carbocycles. The third-order valence-corrected chi connectivity index (χ3v) is 16.6. The first-order valence-corrected chi connectivity index (χ1v) is 20.0. The molecule has 0 aromatic heterocycles. The van der Waals surface area contributed by atoms with E-state index in [-0.39, 0.29) is 22.1 Å². The molecule has 0 saturated carbocycles. The molecule has 4 nitrogen and oxygen atoms in total. The molecule has 0 saturated heterocycles. The Morgan fingerprint density at radius 1 is 0.378 bits per heavy atom. The molecule has 1 aliphatic rings. The molecule has 7 rings (SSSR count). The van der Waals surface area contributed by atoms with Crippen molar-refractivity contribution >= 4 is 45.3 Å². The quantitative estimate of drug-likeness (QED) is 0.161. The van der Waals surface area contributed by atoms with E-state index in [2.05, 4.69) is 0 Å². The first-order chi connectivity index (χ1) is 21.8. The summed E-state index contributed by atoms with van der Waals surface area (Å²) in [5.41, 5.74) is 2.21. The van der Waals surface area contributed by atoms with Crippen molar-refractivity contribution in [2.45, 2.75) is 22.1 Å². The summed E-state index contributed by atoms with van der Waals surface area (Å²) in [7, 11) is -10.6. The van der Waals surface area contributed by atoms with Gasteiger partial charge in [0.25, 0.3) is 0 Å². The summed E-state index contributed by atoms with van der Waals surface area (Å²) >= 11 is 0. The van der Waals surface area contributed by atoms with Crippen LogP contribution >= 0.6 is 14.3 Å². The van der Waals surface area contributed by atoms with Gasteiger partial charge in [-0.1, -0.05) is 158 Å². The fourth-order valence-corrected chi connectivity index (χ4v) is 14.1. The van der Waals surface area contributed by atoms with Gasteiger partial charge >= 0.3 is 0 Å². The summed E-state index contributed by atoms with van der Waals surface area (Å²) in [6.45, 7) is 0. The second kappa shape index (κ2) is 11.6. The zero-order valence-electron chi connectivity index (χ0n) is 24.4. The Hall–Kier alpha value is -4.27. The van der Waals surface area contributed by atoms with E-state index in [0.29, 0.717) is 43.5 Å². The number of sulfone groups is 1. The maximum Gasteiger partial charge on any atom is 0.208 e. The van der Waals surface area contributed by atoms with E-state index in [9.17, 15) is 8.42 Å². The average molecular weight is 645 g/mol. The van der Waals surface area contributed by atoms with E-state index in [4.69, 9.17) is 0 Å². The minimum atomic E-state index is -4.04. The minimum Gasteiger partial charge on any atom is -0.313 e. The summed E-state index contributed by atoms with van der Waals surface area (Å²) < 4.78 is 59.3. The van der Waals surface area contributed by atoms with Gasteiger partial charge in [-0.2, -0.15) is 0 Å². The molecule has 0 N–H and O–H groups in total. The summed E-state index contributed by atoms with van der Waals surface area (Å²) in [6, 6.07) is 48.0. The van der Waals surface area contributed by atoms with Gasteiger partial charge in [-0.25, -0.2) is 8.42 Å². The molecule has 222 valence electrons. The molecule has 0 fully saturated rings. The molecule has 0 spiro atoms. The molecule has 1 heterocycles. The van der Waals surface area contributed by atoms with Gasteiger partial charge in [-0.05, 0) is 11.1 Å². The van der Waals surface area contributed by atoms with E-state index < -0.39 is 24.1 Å². The van der Waals surface area contributed by atoms with Crippen molar-refractivity contribution in [3.63, 3.8) is 0 Å². The van der Waals surface area contributed by atoms with Gasteiger partial charge in [0.05, 0.1) is 9.79 Å². The zero-order chi connectivity index (χ0) is 31.1. The van der Waals surface area contributed by atoms with Crippen LogP contribution in [0.4, 0.5) is 0 Å². The molecule has 0 atom stereocenters. The van der Waals surface area contributed by atoms with E-state index in [1.54, 1.807) is 12.1 Å². The number of fused-ring (bicyclic) bond motifs is 3. The molecule has 0 unspecified atom stereocenters. The predicted octanol–water partition coefficient (Wildman–Crippen LogP) is 7.53. The first kappa shape index (κ1) is 29.4. The number of hydrogen-bond acceptors (Lipinski definition) is 4. The van der Waals surface area contributed by atoms with Gasteiger partial charge in [-0.3, -0.25) is 0 Å². The van der Waals surface area contributed by atoms with Crippen LogP contribution in [-0.4, -0.2) is 8.42 Å². The van der Waals surface area contributed by atoms with Crippen molar-refractivity contribution in [3.05, 3.63) is 169 Å². The smallest absolute Gasteiger partial charge is 0.208 e. The van der Waals surface area contributed by atoms with Gasteiger partial charge in [-0.15, -0.1) is 0 Å². The second-order valence-electron chi connectivity index (χ2n) is 11.2. The topological polar surface area (TPSA) is 68.3 Å². The lowest BCUT2D eigenvalue weighted by Gasteiger charge is -2.21. The predicted molar refractivity (Wildman–Crippen MR) is 184 cm³/mol. The van der Waals surface area contributed by atoms with Crippen LogP contribution in [0.3, 0.4) is 0 Å². The molecular weight excluding hydrogens is 614 g/mol. The fourth-order valence-electron chi connectivity index (χ4n) is 6.40. The van der Waals surface area contributed by atoms with E-state index in [1.807, 2.05) is 146 Å². The Balaban J connectivity index is 1.37. The highest BCUT2D eigenvalue weighted by molar-refractivity contribution is 7.92. The molecule has 1 aliphatic heterocycles. The first-order valence-electron chi connectivity index (χ1n) is 14.7. The number of benzene rings is 6. The maximum absolute atomic E-state index is 15.0. The summed E-state index contributed by atoms with van der Waals surface area (Å²) in [5.74, 6) is 0. The Morgan fingerprint density at radius 3 is 0.956 bits per heavy atom. The SMILES string of the molecule is O=P(Cc1cccc2c1S(=O)(=O)c1c(CP(=O)(c3ccccc3)c3ccccc3)cccc1-2)(c1ccccc1)c1ccccc1. The molecule has 0 bridgehead atoms. The molecule has 6 aromatic rings. The van der Waals surface area contributed by atoms with Crippen LogP contribution in [0.2, 0.25) is 0 Å². The Labute approximate surface area is 264 Å². The van der Waals surface area contributed by atoms with Crippen LogP contribution in [0.15, 0.2) is 168 Å². The van der Waals surface area contributed by atoms with Gasteiger partial charge < -0.3 is 9.13 Å². The lowest BCUT2D eigenvalue weighted by molar-refractivity contribution is 0.585. The normalized spacial score (nSPS) is 13.6. The van der Waals surface area contributed by atoms with Crippen molar-refractivity contribution < 1.29 is 17.5 Å². The Kier molecular flexibility index (Phi) is 7.58. The van der Waals surface area contributed by atoms with E-state index in [0.717, 1.165) is 0 Å². The monoisotopic (exact) mass is 644 g/mol. The molecule has 7 heteroatoms. The van der Waals surface area contributed by atoms with Crippen LogP contribution < -0.4 is 21.2 Å². The van der Waals surface area contributed by atoms with Crippen molar-refractivity contribution in [1.29, 1.82) is 0 Å². The third-order valence-electron chi connectivity index (χ3n) is 8.50. The molecule has 0 aliphatic carbocycles. The third kappa shape index (κ3) is 5.06. The molecule has 45 heavy (non-hydrogen) atoms. The number of rotatable bonds is 8. The lowest BCUT2D eigenvalue weighted by Crippen LogP contribution is -2.19. The molecule has 0 amide bonds. The van der Waals surface area contributed by atoms with Gasteiger partial charge in [0.2, 0.25) is 9.84 Å². The van der Waals surface area contributed by atoms with Crippen LogP contribution in [0, 0.1) is 0 Å². The highest BCUT2D eigenvalue weighted by atomic mass is 32.2. The minimum absolute atomic E-state index is 0.0548. The van der Waals surface area contributed by atoms with Crippen molar-refractivity contribution in [2.24, 2.45) is 0 Å². The van der Waals surface area contributed by atoms with Crippen LogP contribution in [0.25, 0.3) is 11.1 Å². The summed E-state index contributed by atoms with van der Waals surface area (Å²) in [5, 5.41) is 2.70. The standard InChI is InChI=1S/C38H30O4P2S/c39-43(31-17-5-1-6-18-31,32-19-7-2-8-20-32)27-29-15-13-25-35-36-26-14-16-30(38(36)45(41,42)37(29)35)28-44(40,33-21-9-3-10-22-33)34-23-11-4-12-24-34/h1-26H,27-28H2. The fraction of sp³-hybridized carbons (Fsp3) is 0.0526. The highest BCUT2D eigenvalue weighted by Crippen LogP contribution is 2.55. The van der Waals surface area contributed by atoms with Gasteiger partial charge in [0.1, 0.15) is 14.3 Å². The zero-order valence-corrected chi connectivity index (χ0v) is 27.0. The molecule has 0 radical (unpaired) electrons. The summed E-state index contributed by atoms with van der Waals surface area (Å²) in [4.78, 5) is 0.377. The van der Waals surface area contributed by atoms with Crippen molar-refractivity contribution in [1.82, 2.24) is 0 Å². The maximum atomic E-state index is 15.0. The van der Waals surface area contributed by atoms with Crippen LogP contribution in [-0.2, 0) is 31.3 Å². The lowest BCUT2D eigenvalue weighted by atomic mass is 10.0. The van der Waals surface area contributed by atoms with Crippen molar-refractivity contribution in [2.75, 3.05) is 0 Å². The number of hydrogen-bond donors (Lipinski definition) is 0. The van der Waals surface area contributed by atoms with Crippen LogP contribution in [0.5, 0.6) is 0 Å². The highest BCUT2D eigenvalue weighted by Gasteiger charge is 2.41. The molecular formula is C38H30O4P2S. The Morgan fingerprint density at radius 2 is 0.667 bits per heavy atom. The summed E-state index contributed by atoms with van der Waals surface area (Å²) in [6.07, 6.45) is 0.110. The average Bonchev–Trinajstić information content (AvgIpc) is 3.34. The van der Waals surface area contributed by atoms with Gasteiger partial charge in [0, 0.05) is 44.7 Å². The van der Waals surface area contributed by atoms with Gasteiger partial charge in [0.15, 0.2) is 0 Å². The van der Waals surface area contributed by atoms with Crippen molar-refractivity contribution in [3.8, 4) is 11.1 Å². The van der Waals surface area contributed by atoms with Crippen LogP contribution in [0.1, 0.15) is 11.1 Å². The van der Waals surface area contributed by atoms with E-state index >= 15 is 9.13 Å².